The van der Waals surface area contributed by atoms with Gasteiger partial charge in [-0.1, -0.05) is 224 Å². The molecule has 328 valence electrons. The van der Waals surface area contributed by atoms with Crippen molar-refractivity contribution in [3.63, 3.8) is 0 Å². The first-order chi connectivity index (χ1) is 32.9. The van der Waals surface area contributed by atoms with E-state index in [9.17, 15) is 0 Å². The first-order valence-corrected chi connectivity index (χ1v) is 24.4. The molecule has 0 aliphatic heterocycles. The Hall–Kier alpha value is -7.54. The molecule has 0 spiro atoms. The van der Waals surface area contributed by atoms with Gasteiger partial charge in [0.05, 0.1) is 0 Å². The molecule has 3 aliphatic carbocycles. The Morgan fingerprint density at radius 1 is 0.265 bits per heavy atom. The van der Waals surface area contributed by atoms with Crippen LogP contribution in [0, 0.1) is 0 Å². The maximum Gasteiger partial charge on any atom is 0.0159 e. The van der Waals surface area contributed by atoms with E-state index < -0.39 is 0 Å². The standard InChI is InChI=1S/C68H56/c1-8-9-11-16-43-21-31-54-55-32-26-47(38-61(55)66(2,3)60(54)37-43)48-27-33-56-57-34-28-49(40-63(57)67(4,5)62(56)39-48)50-29-35-58-59-36-30-51(42-65(59)68(6,7)64(58)41-50)53-20-15-14-19-52(53)46-24-22-45(23-25-46)44-17-12-10-13-18-44/h8-42H,1-7H3/b9-8-,16-11+. The first kappa shape index (κ1) is 41.9. The van der Waals surface area contributed by atoms with Crippen LogP contribution in [0.4, 0.5) is 0 Å². The van der Waals surface area contributed by atoms with Crippen LogP contribution in [0.2, 0.25) is 0 Å². The number of hydrogen-bond donors (Lipinski definition) is 0. The van der Waals surface area contributed by atoms with Gasteiger partial charge in [-0.3, -0.25) is 0 Å². The molecule has 9 aromatic rings. The Bertz CT molecular complexity index is 3570. The molecular formula is C68H56. The van der Waals surface area contributed by atoms with Gasteiger partial charge in [0.1, 0.15) is 0 Å². The molecule has 0 N–H and O–H groups in total. The summed E-state index contributed by atoms with van der Waals surface area (Å²) in [6, 6.07) is 71.3. The minimum absolute atomic E-state index is 0.0876. The predicted molar refractivity (Wildman–Crippen MR) is 290 cm³/mol. The summed E-state index contributed by atoms with van der Waals surface area (Å²) in [6.07, 6.45) is 8.48. The van der Waals surface area contributed by atoms with E-state index in [0.29, 0.717) is 0 Å². The predicted octanol–water partition coefficient (Wildman–Crippen LogP) is 18.5. The fraction of sp³-hybridized carbons (Fsp3) is 0.147. The van der Waals surface area contributed by atoms with Gasteiger partial charge >= 0.3 is 0 Å². The summed E-state index contributed by atoms with van der Waals surface area (Å²) >= 11 is 0. The van der Waals surface area contributed by atoms with E-state index in [-0.39, 0.29) is 16.2 Å². The van der Waals surface area contributed by atoms with Crippen molar-refractivity contribution in [1.29, 1.82) is 0 Å². The SMILES string of the molecule is C/C=C\C=C\c1ccc2c(c1)C(C)(C)c1cc(-c3ccc4c(c3)C(C)(C)c3cc(-c5ccc6c(c5)C(C)(C)c5cc(-c7ccccc7-c7ccc(-c8ccccc8)cc7)ccc5-6)ccc3-4)ccc1-2. The van der Waals surface area contributed by atoms with Gasteiger partial charge in [-0.15, -0.1) is 0 Å². The summed E-state index contributed by atoms with van der Waals surface area (Å²) in [5.74, 6) is 0. The smallest absolute Gasteiger partial charge is 0.0159 e. The number of fused-ring (bicyclic) bond motifs is 9. The van der Waals surface area contributed by atoms with Crippen LogP contribution in [-0.2, 0) is 16.2 Å². The molecule has 0 unspecified atom stereocenters. The zero-order chi connectivity index (χ0) is 46.5. The Balaban J connectivity index is 0.830. The van der Waals surface area contributed by atoms with E-state index in [1.807, 2.05) is 0 Å². The lowest BCUT2D eigenvalue weighted by molar-refractivity contribution is 0.659. The topological polar surface area (TPSA) is 0 Å². The van der Waals surface area contributed by atoms with Gasteiger partial charge in [0.2, 0.25) is 0 Å². The average Bonchev–Trinajstić information content (AvgIpc) is 3.84. The molecule has 9 aromatic carbocycles. The summed E-state index contributed by atoms with van der Waals surface area (Å²) in [6.45, 7) is 16.4. The van der Waals surface area contributed by atoms with Gasteiger partial charge in [0, 0.05) is 16.2 Å². The third-order valence-electron chi connectivity index (χ3n) is 15.9. The summed E-state index contributed by atoms with van der Waals surface area (Å²) < 4.78 is 0. The zero-order valence-electron chi connectivity index (χ0n) is 40.2. The molecule has 68 heavy (non-hydrogen) atoms. The maximum atomic E-state index is 2.48. The van der Waals surface area contributed by atoms with Crippen LogP contribution >= 0.6 is 0 Å². The van der Waals surface area contributed by atoms with Crippen molar-refractivity contribution in [3.05, 3.63) is 245 Å². The third kappa shape index (κ3) is 6.49. The minimum atomic E-state index is -0.159. The lowest BCUT2D eigenvalue weighted by Crippen LogP contribution is -2.16. The number of rotatable bonds is 7. The second-order valence-corrected chi connectivity index (χ2v) is 20.9. The molecular weight excluding hydrogens is 817 g/mol. The Morgan fingerprint density at radius 2 is 0.588 bits per heavy atom. The summed E-state index contributed by atoms with van der Waals surface area (Å²) in [7, 11) is 0. The second-order valence-electron chi connectivity index (χ2n) is 20.9. The summed E-state index contributed by atoms with van der Waals surface area (Å²) in [5, 5.41) is 0. The van der Waals surface area contributed by atoms with Gasteiger partial charge in [-0.2, -0.15) is 0 Å². The highest BCUT2D eigenvalue weighted by atomic mass is 14.4. The fourth-order valence-electron chi connectivity index (χ4n) is 12.0. The molecule has 0 nitrogen and oxygen atoms in total. The molecule has 0 amide bonds. The van der Waals surface area contributed by atoms with Crippen molar-refractivity contribution >= 4 is 6.08 Å². The van der Waals surface area contributed by atoms with E-state index in [0.717, 1.165) is 0 Å². The molecule has 12 rings (SSSR count). The van der Waals surface area contributed by atoms with Crippen molar-refractivity contribution in [2.45, 2.75) is 64.7 Å². The van der Waals surface area contributed by atoms with Gasteiger partial charge in [0.25, 0.3) is 0 Å². The lowest BCUT2D eigenvalue weighted by Gasteiger charge is -2.24. The minimum Gasteiger partial charge on any atom is -0.0877 e. The largest absolute Gasteiger partial charge is 0.0877 e. The number of hydrogen-bond acceptors (Lipinski definition) is 0. The number of benzene rings is 9. The molecule has 0 saturated carbocycles. The Kier molecular flexibility index (Phi) is 9.55. The van der Waals surface area contributed by atoms with Gasteiger partial charge in [-0.05, 0) is 165 Å². The molecule has 3 aliphatic rings. The second kappa shape index (κ2) is 15.5. The summed E-state index contributed by atoms with van der Waals surface area (Å²) in [4.78, 5) is 0. The van der Waals surface area contributed by atoms with Crippen LogP contribution < -0.4 is 0 Å². The van der Waals surface area contributed by atoms with E-state index in [4.69, 9.17) is 0 Å². The van der Waals surface area contributed by atoms with E-state index >= 15 is 0 Å². The fourth-order valence-corrected chi connectivity index (χ4v) is 12.0. The van der Waals surface area contributed by atoms with Crippen molar-refractivity contribution in [3.8, 4) is 89.0 Å². The van der Waals surface area contributed by atoms with Crippen LogP contribution in [0.25, 0.3) is 95.1 Å². The molecule has 0 heterocycles. The molecule has 0 heteroatoms. The lowest BCUT2D eigenvalue weighted by atomic mass is 9.79. The quantitative estimate of drug-likeness (QED) is 0.140. The van der Waals surface area contributed by atoms with Crippen LogP contribution in [0.15, 0.2) is 206 Å². The maximum absolute atomic E-state index is 2.48. The average molecular weight is 873 g/mol. The van der Waals surface area contributed by atoms with Crippen LogP contribution in [0.3, 0.4) is 0 Å². The molecule has 0 saturated heterocycles. The third-order valence-corrected chi connectivity index (χ3v) is 15.9. The van der Waals surface area contributed by atoms with E-state index in [2.05, 4.69) is 261 Å². The van der Waals surface area contributed by atoms with Crippen molar-refractivity contribution in [2.75, 3.05) is 0 Å². The monoisotopic (exact) mass is 872 g/mol. The van der Waals surface area contributed by atoms with Gasteiger partial charge in [0.15, 0.2) is 0 Å². The van der Waals surface area contributed by atoms with Crippen molar-refractivity contribution in [1.82, 2.24) is 0 Å². The number of allylic oxidation sites excluding steroid dienone is 3. The Labute approximate surface area is 403 Å². The summed E-state index contributed by atoms with van der Waals surface area (Å²) in [5.41, 5.74) is 29.9. The molecule has 0 atom stereocenters. The zero-order valence-corrected chi connectivity index (χ0v) is 40.2. The highest BCUT2D eigenvalue weighted by Gasteiger charge is 2.39. The molecule has 0 bridgehead atoms. The molecule has 0 aromatic heterocycles. The van der Waals surface area contributed by atoms with E-state index in [1.165, 1.54) is 128 Å². The first-order valence-electron chi connectivity index (χ1n) is 24.4. The Morgan fingerprint density at radius 3 is 1.03 bits per heavy atom. The molecule has 0 fully saturated rings. The van der Waals surface area contributed by atoms with E-state index in [1.54, 1.807) is 0 Å². The van der Waals surface area contributed by atoms with Crippen LogP contribution in [-0.4, -0.2) is 0 Å². The van der Waals surface area contributed by atoms with Crippen LogP contribution in [0.5, 0.6) is 0 Å². The normalized spacial score (nSPS) is 15.2. The van der Waals surface area contributed by atoms with Gasteiger partial charge < -0.3 is 0 Å². The van der Waals surface area contributed by atoms with Crippen LogP contribution in [0.1, 0.15) is 87.4 Å². The van der Waals surface area contributed by atoms with Crippen molar-refractivity contribution < 1.29 is 0 Å². The molecule has 0 radical (unpaired) electrons. The highest BCUT2D eigenvalue weighted by molar-refractivity contribution is 5.92. The van der Waals surface area contributed by atoms with Crippen molar-refractivity contribution in [2.24, 2.45) is 0 Å². The highest BCUT2D eigenvalue weighted by Crippen LogP contribution is 2.55. The van der Waals surface area contributed by atoms with Gasteiger partial charge in [-0.25, -0.2) is 0 Å².